The van der Waals surface area contributed by atoms with E-state index < -0.39 is 6.36 Å². The van der Waals surface area contributed by atoms with Gasteiger partial charge in [0.1, 0.15) is 11.3 Å². The van der Waals surface area contributed by atoms with Crippen LogP contribution >= 0.6 is 0 Å². The van der Waals surface area contributed by atoms with Gasteiger partial charge in [-0.15, -0.1) is 18.3 Å². The van der Waals surface area contributed by atoms with Gasteiger partial charge in [-0.1, -0.05) is 41.6 Å². The molecule has 0 unspecified atom stereocenters. The van der Waals surface area contributed by atoms with Crippen LogP contribution in [0.1, 0.15) is 21.5 Å². The number of rotatable bonds is 6. The lowest BCUT2D eigenvalue weighted by atomic mass is 10.1. The van der Waals surface area contributed by atoms with Crippen molar-refractivity contribution in [1.82, 2.24) is 19.9 Å². The predicted octanol–water partition coefficient (Wildman–Crippen LogP) is 4.65. The minimum Gasteiger partial charge on any atom is -0.406 e. The lowest BCUT2D eigenvalue weighted by Crippen LogP contribution is -2.26. The van der Waals surface area contributed by atoms with Crippen molar-refractivity contribution >= 4 is 16.9 Å². The van der Waals surface area contributed by atoms with Crippen LogP contribution in [-0.4, -0.2) is 39.2 Å². The molecule has 0 radical (unpaired) electrons. The van der Waals surface area contributed by atoms with E-state index in [-0.39, 0.29) is 18.2 Å². The van der Waals surface area contributed by atoms with E-state index in [0.717, 1.165) is 16.6 Å². The van der Waals surface area contributed by atoms with Gasteiger partial charge in [0, 0.05) is 19.2 Å². The van der Waals surface area contributed by atoms with Crippen molar-refractivity contribution in [3.05, 3.63) is 89.5 Å². The fourth-order valence-electron chi connectivity index (χ4n) is 3.32. The van der Waals surface area contributed by atoms with E-state index in [1.54, 1.807) is 23.9 Å². The molecule has 0 fully saturated rings. The average molecular weight is 440 g/mol. The Morgan fingerprint density at radius 2 is 1.62 bits per heavy atom. The fraction of sp³-hybridized carbons (Fsp3) is 0.174. The number of carbonyl (C=O) groups is 1. The van der Waals surface area contributed by atoms with Crippen molar-refractivity contribution in [2.45, 2.75) is 19.5 Å². The predicted molar refractivity (Wildman–Crippen MR) is 112 cm³/mol. The van der Waals surface area contributed by atoms with Crippen molar-refractivity contribution < 1.29 is 22.7 Å². The number of amides is 1. The zero-order valence-electron chi connectivity index (χ0n) is 17.1. The summed E-state index contributed by atoms with van der Waals surface area (Å²) in [6.45, 7) is 0.773. The van der Waals surface area contributed by atoms with E-state index in [0.29, 0.717) is 17.7 Å². The number of hydrogen-bond donors (Lipinski definition) is 0. The van der Waals surface area contributed by atoms with Gasteiger partial charge in [-0.3, -0.25) is 4.79 Å². The molecule has 1 heterocycles. The normalized spacial score (nSPS) is 11.5. The van der Waals surface area contributed by atoms with Crippen LogP contribution in [0.4, 0.5) is 13.2 Å². The van der Waals surface area contributed by atoms with Crippen LogP contribution in [0.15, 0.2) is 72.8 Å². The first-order chi connectivity index (χ1) is 15.3. The van der Waals surface area contributed by atoms with E-state index in [1.807, 2.05) is 36.4 Å². The summed E-state index contributed by atoms with van der Waals surface area (Å²) in [4.78, 5) is 14.2. The molecule has 0 aliphatic heterocycles. The highest BCUT2D eigenvalue weighted by Gasteiger charge is 2.31. The van der Waals surface area contributed by atoms with Gasteiger partial charge < -0.3 is 9.64 Å². The lowest BCUT2D eigenvalue weighted by molar-refractivity contribution is -0.274. The number of fused-ring (bicyclic) bond motifs is 1. The van der Waals surface area contributed by atoms with Crippen molar-refractivity contribution in [3.8, 4) is 5.75 Å². The van der Waals surface area contributed by atoms with Crippen LogP contribution in [0.3, 0.4) is 0 Å². The Bertz CT molecular complexity index is 1220. The molecule has 32 heavy (non-hydrogen) atoms. The molecule has 0 aliphatic carbocycles. The minimum absolute atomic E-state index is 0.196. The third kappa shape index (κ3) is 5.05. The summed E-state index contributed by atoms with van der Waals surface area (Å²) >= 11 is 0. The molecule has 1 aromatic heterocycles. The maximum absolute atomic E-state index is 12.7. The summed E-state index contributed by atoms with van der Waals surface area (Å²) < 4.78 is 42.5. The summed E-state index contributed by atoms with van der Waals surface area (Å²) in [5, 5.41) is 8.30. The van der Waals surface area contributed by atoms with E-state index in [2.05, 4.69) is 15.0 Å². The molecule has 0 spiro atoms. The number of aromatic nitrogens is 3. The number of nitrogens with zero attached hydrogens (tertiary/aromatic N) is 4. The minimum atomic E-state index is -4.73. The molecular formula is C23H19F3N4O2. The molecule has 6 nitrogen and oxygen atoms in total. The molecule has 0 aliphatic rings. The Hall–Kier alpha value is -3.88. The summed E-state index contributed by atoms with van der Waals surface area (Å²) in [6, 6.07) is 20.3. The van der Waals surface area contributed by atoms with Gasteiger partial charge in [0.25, 0.3) is 5.91 Å². The van der Waals surface area contributed by atoms with Crippen molar-refractivity contribution in [3.63, 3.8) is 0 Å². The second-order valence-electron chi connectivity index (χ2n) is 7.29. The number of halogens is 3. The van der Waals surface area contributed by atoms with Gasteiger partial charge >= 0.3 is 6.36 Å². The summed E-state index contributed by atoms with van der Waals surface area (Å²) in [6.07, 6.45) is -4.73. The third-order valence-electron chi connectivity index (χ3n) is 4.88. The number of alkyl halides is 3. The SMILES string of the molecule is CN(Cc1ccc(OC(F)(F)F)cc1)C(=O)c1ccc(Cn2nnc3ccccc32)cc1. The van der Waals surface area contributed by atoms with E-state index in [1.165, 1.54) is 29.2 Å². The number of ether oxygens (including phenoxy) is 1. The Morgan fingerprint density at radius 3 is 2.31 bits per heavy atom. The van der Waals surface area contributed by atoms with Crippen LogP contribution in [0.5, 0.6) is 5.75 Å². The standard InChI is InChI=1S/C23H19F3N4O2/c1-29(14-16-8-12-19(13-9-16)32-23(24,25)26)22(31)18-10-6-17(7-11-18)15-30-21-5-3-2-4-20(21)27-28-30/h2-13H,14-15H2,1H3. The number of carbonyl (C=O) groups excluding carboxylic acids is 1. The summed E-state index contributed by atoms with van der Waals surface area (Å²) in [5.41, 5.74) is 3.92. The van der Waals surface area contributed by atoms with Gasteiger partial charge in [-0.25, -0.2) is 4.68 Å². The fourth-order valence-corrected chi connectivity index (χ4v) is 3.32. The lowest BCUT2D eigenvalue weighted by Gasteiger charge is -2.18. The number of hydrogen-bond acceptors (Lipinski definition) is 4. The first kappa shape index (κ1) is 21.4. The van der Waals surface area contributed by atoms with E-state index >= 15 is 0 Å². The molecule has 0 saturated carbocycles. The highest BCUT2D eigenvalue weighted by atomic mass is 19.4. The van der Waals surface area contributed by atoms with Crippen LogP contribution in [-0.2, 0) is 13.1 Å². The molecule has 9 heteroatoms. The quantitative estimate of drug-likeness (QED) is 0.438. The largest absolute Gasteiger partial charge is 0.573 e. The smallest absolute Gasteiger partial charge is 0.406 e. The zero-order chi connectivity index (χ0) is 22.7. The van der Waals surface area contributed by atoms with Crippen LogP contribution < -0.4 is 4.74 Å². The van der Waals surface area contributed by atoms with E-state index in [9.17, 15) is 18.0 Å². The molecule has 0 saturated heterocycles. The van der Waals surface area contributed by atoms with Gasteiger partial charge in [-0.05, 0) is 47.5 Å². The molecule has 0 N–H and O–H groups in total. The van der Waals surface area contributed by atoms with E-state index in [4.69, 9.17) is 0 Å². The highest BCUT2D eigenvalue weighted by molar-refractivity contribution is 5.94. The van der Waals surface area contributed by atoms with Gasteiger partial charge in [-0.2, -0.15) is 0 Å². The summed E-state index contributed by atoms with van der Waals surface area (Å²) in [7, 11) is 1.64. The highest BCUT2D eigenvalue weighted by Crippen LogP contribution is 2.23. The molecule has 1 amide bonds. The maximum atomic E-state index is 12.7. The van der Waals surface area contributed by atoms with Gasteiger partial charge in [0.05, 0.1) is 12.1 Å². The number of para-hydroxylation sites is 1. The van der Waals surface area contributed by atoms with Gasteiger partial charge in [0.2, 0.25) is 0 Å². The van der Waals surface area contributed by atoms with Crippen LogP contribution in [0.25, 0.3) is 11.0 Å². The third-order valence-corrected chi connectivity index (χ3v) is 4.88. The summed E-state index contributed by atoms with van der Waals surface area (Å²) in [5.74, 6) is -0.496. The Morgan fingerprint density at radius 1 is 0.969 bits per heavy atom. The van der Waals surface area contributed by atoms with Gasteiger partial charge in [0.15, 0.2) is 0 Å². The Kier molecular flexibility index (Phi) is 5.81. The molecule has 4 aromatic rings. The monoisotopic (exact) mass is 440 g/mol. The Balaban J connectivity index is 1.38. The zero-order valence-corrected chi connectivity index (χ0v) is 17.1. The van der Waals surface area contributed by atoms with Crippen molar-refractivity contribution in [2.24, 2.45) is 0 Å². The molecule has 4 rings (SSSR count). The molecule has 3 aromatic carbocycles. The molecule has 0 atom stereocenters. The molecule has 0 bridgehead atoms. The second kappa shape index (κ2) is 8.70. The average Bonchev–Trinajstić information content (AvgIpc) is 3.17. The number of benzene rings is 3. The van der Waals surface area contributed by atoms with Crippen LogP contribution in [0.2, 0.25) is 0 Å². The first-order valence-corrected chi connectivity index (χ1v) is 9.76. The topological polar surface area (TPSA) is 60.2 Å². The molecule has 164 valence electrons. The maximum Gasteiger partial charge on any atom is 0.573 e. The van der Waals surface area contributed by atoms with Crippen molar-refractivity contribution in [2.75, 3.05) is 7.05 Å². The van der Waals surface area contributed by atoms with Crippen molar-refractivity contribution in [1.29, 1.82) is 0 Å². The molecular weight excluding hydrogens is 421 g/mol. The van der Waals surface area contributed by atoms with Crippen LogP contribution in [0, 0.1) is 0 Å². The Labute approximate surface area is 181 Å². The second-order valence-corrected chi connectivity index (χ2v) is 7.29. The first-order valence-electron chi connectivity index (χ1n) is 9.76.